The molecule has 2 N–H and O–H groups in total. The van der Waals surface area contributed by atoms with Crippen LogP contribution in [-0.2, 0) is 4.74 Å². The monoisotopic (exact) mass is 274 g/mol. The van der Waals surface area contributed by atoms with E-state index in [9.17, 15) is 19.8 Å². The number of ketones is 2. The number of fused-ring (bicyclic) bond motifs is 1. The second kappa shape index (κ2) is 3.93. The van der Waals surface area contributed by atoms with Gasteiger partial charge in [0.2, 0.25) is 5.78 Å². The molecule has 0 saturated heterocycles. The standard InChI is InChI=1S/C15H14O5/c1-15(2)6-9(17)11-12(18)7-4-3-5-8(16)10(7)13(19)14(11)20-15/h3-5,9,16-17H,6H2,1-2H3/t9-/m1/s1. The first-order valence-electron chi connectivity index (χ1n) is 6.34. The van der Waals surface area contributed by atoms with E-state index in [0.717, 1.165) is 0 Å². The average Bonchev–Trinajstić information content (AvgIpc) is 2.33. The number of Topliss-reactive ketones (excluding diaryl/α,β-unsaturated/α-hetero) is 2. The van der Waals surface area contributed by atoms with Crippen LogP contribution in [0.5, 0.6) is 5.75 Å². The van der Waals surface area contributed by atoms with Gasteiger partial charge in [0.1, 0.15) is 11.4 Å². The summed E-state index contributed by atoms with van der Waals surface area (Å²) in [7, 11) is 0. The van der Waals surface area contributed by atoms with Gasteiger partial charge in [-0.05, 0) is 19.9 Å². The van der Waals surface area contributed by atoms with Crippen molar-refractivity contribution in [3.05, 3.63) is 40.7 Å². The Kier molecular flexibility index (Phi) is 2.53. The molecule has 0 saturated carbocycles. The number of aliphatic hydroxyl groups is 1. The van der Waals surface area contributed by atoms with Gasteiger partial charge < -0.3 is 14.9 Å². The van der Waals surface area contributed by atoms with Crippen molar-refractivity contribution in [1.82, 2.24) is 0 Å². The number of carbonyl (C=O) groups is 2. The van der Waals surface area contributed by atoms with Crippen molar-refractivity contribution in [2.75, 3.05) is 0 Å². The molecule has 0 bridgehead atoms. The van der Waals surface area contributed by atoms with Gasteiger partial charge in [-0.25, -0.2) is 0 Å². The van der Waals surface area contributed by atoms with Crippen LogP contribution in [-0.4, -0.2) is 33.5 Å². The Morgan fingerprint density at radius 3 is 2.65 bits per heavy atom. The molecule has 1 aromatic carbocycles. The molecule has 0 spiro atoms. The molecule has 3 rings (SSSR count). The summed E-state index contributed by atoms with van der Waals surface area (Å²) in [5.41, 5.74) is -0.694. The van der Waals surface area contributed by atoms with Gasteiger partial charge in [0, 0.05) is 12.0 Å². The third kappa shape index (κ3) is 1.67. The van der Waals surface area contributed by atoms with Crippen LogP contribution in [0, 0.1) is 0 Å². The summed E-state index contributed by atoms with van der Waals surface area (Å²) in [6.45, 7) is 3.47. The average molecular weight is 274 g/mol. The number of phenols is 1. The van der Waals surface area contributed by atoms with Gasteiger partial charge in [-0.15, -0.1) is 0 Å². The third-order valence-electron chi connectivity index (χ3n) is 3.61. The lowest BCUT2D eigenvalue weighted by Gasteiger charge is -2.38. The third-order valence-corrected chi connectivity index (χ3v) is 3.61. The van der Waals surface area contributed by atoms with Crippen LogP contribution in [0.3, 0.4) is 0 Å². The summed E-state index contributed by atoms with van der Waals surface area (Å²) in [4.78, 5) is 24.9. The van der Waals surface area contributed by atoms with E-state index < -0.39 is 23.3 Å². The number of aliphatic hydroxyl groups excluding tert-OH is 1. The van der Waals surface area contributed by atoms with E-state index in [1.54, 1.807) is 13.8 Å². The molecular weight excluding hydrogens is 260 g/mol. The van der Waals surface area contributed by atoms with Crippen molar-refractivity contribution in [2.24, 2.45) is 0 Å². The molecule has 20 heavy (non-hydrogen) atoms. The molecule has 0 unspecified atom stereocenters. The summed E-state index contributed by atoms with van der Waals surface area (Å²) >= 11 is 0. The highest BCUT2D eigenvalue weighted by Crippen LogP contribution is 2.40. The minimum Gasteiger partial charge on any atom is -0.507 e. The Morgan fingerprint density at radius 2 is 1.95 bits per heavy atom. The molecule has 1 aliphatic carbocycles. The Labute approximate surface area is 115 Å². The lowest BCUT2D eigenvalue weighted by Crippen LogP contribution is -2.42. The van der Waals surface area contributed by atoms with E-state index in [-0.39, 0.29) is 34.6 Å². The van der Waals surface area contributed by atoms with E-state index >= 15 is 0 Å². The predicted molar refractivity (Wildman–Crippen MR) is 69.6 cm³/mol. The van der Waals surface area contributed by atoms with E-state index in [1.807, 2.05) is 0 Å². The van der Waals surface area contributed by atoms with Crippen LogP contribution in [0.4, 0.5) is 0 Å². The van der Waals surface area contributed by atoms with Crippen LogP contribution in [0.15, 0.2) is 29.5 Å². The van der Waals surface area contributed by atoms with Gasteiger partial charge in [0.15, 0.2) is 11.5 Å². The maximum Gasteiger partial charge on any atom is 0.232 e. The molecule has 0 radical (unpaired) electrons. The smallest absolute Gasteiger partial charge is 0.232 e. The Hall–Kier alpha value is -2.14. The van der Waals surface area contributed by atoms with Crippen molar-refractivity contribution in [3.63, 3.8) is 0 Å². The molecule has 104 valence electrons. The summed E-state index contributed by atoms with van der Waals surface area (Å²) in [6.07, 6.45) is -0.806. The maximum atomic E-state index is 12.4. The topological polar surface area (TPSA) is 83.8 Å². The van der Waals surface area contributed by atoms with Crippen LogP contribution >= 0.6 is 0 Å². The summed E-state index contributed by atoms with van der Waals surface area (Å²) < 4.78 is 5.58. The maximum absolute atomic E-state index is 12.4. The Bertz CT molecular complexity index is 669. The van der Waals surface area contributed by atoms with Crippen molar-refractivity contribution < 1.29 is 24.5 Å². The summed E-state index contributed by atoms with van der Waals surface area (Å²) in [6, 6.07) is 4.30. The second-order valence-electron chi connectivity index (χ2n) is 5.68. The van der Waals surface area contributed by atoms with Gasteiger partial charge in [-0.3, -0.25) is 9.59 Å². The zero-order chi connectivity index (χ0) is 14.7. The second-order valence-corrected chi connectivity index (χ2v) is 5.68. The number of phenolic OH excluding ortho intramolecular Hbond substituents is 1. The fraction of sp³-hybridized carbons (Fsp3) is 0.333. The minimum absolute atomic E-state index is 0.00701. The number of benzene rings is 1. The van der Waals surface area contributed by atoms with Crippen molar-refractivity contribution in [3.8, 4) is 5.75 Å². The minimum atomic E-state index is -1.04. The number of allylic oxidation sites excluding steroid dienone is 1. The normalized spacial score (nSPS) is 24.1. The summed E-state index contributed by atoms with van der Waals surface area (Å²) in [5.74, 6) is -1.42. The zero-order valence-corrected chi connectivity index (χ0v) is 11.1. The van der Waals surface area contributed by atoms with Gasteiger partial charge >= 0.3 is 0 Å². The van der Waals surface area contributed by atoms with Gasteiger partial charge in [0.25, 0.3) is 0 Å². The van der Waals surface area contributed by atoms with Crippen molar-refractivity contribution in [1.29, 1.82) is 0 Å². The van der Waals surface area contributed by atoms with Crippen LogP contribution in [0.2, 0.25) is 0 Å². The molecule has 1 aliphatic heterocycles. The van der Waals surface area contributed by atoms with Crippen LogP contribution in [0.1, 0.15) is 41.0 Å². The highest BCUT2D eigenvalue weighted by molar-refractivity contribution is 6.27. The SMILES string of the molecule is CC1(C)C[C@@H](O)C2=C(O1)C(=O)c1c(O)cccc1C2=O. The Morgan fingerprint density at radius 1 is 1.25 bits per heavy atom. The number of aromatic hydroxyl groups is 1. The lowest BCUT2D eigenvalue weighted by atomic mass is 9.80. The predicted octanol–water partition coefficient (Wildman–Crippen LogP) is 1.59. The Balaban J connectivity index is 2.24. The highest BCUT2D eigenvalue weighted by atomic mass is 16.5. The number of hydrogen-bond acceptors (Lipinski definition) is 5. The molecular formula is C15H14O5. The molecule has 5 nitrogen and oxygen atoms in total. The molecule has 1 atom stereocenters. The number of carbonyl (C=O) groups excluding carboxylic acids is 2. The van der Waals surface area contributed by atoms with Crippen molar-refractivity contribution >= 4 is 11.6 Å². The number of ether oxygens (including phenoxy) is 1. The fourth-order valence-electron chi connectivity index (χ4n) is 2.74. The first-order chi connectivity index (χ1) is 9.32. The van der Waals surface area contributed by atoms with Crippen molar-refractivity contribution in [2.45, 2.75) is 32.0 Å². The molecule has 1 heterocycles. The molecule has 0 aromatic heterocycles. The van der Waals surface area contributed by atoms with E-state index in [1.165, 1.54) is 18.2 Å². The largest absolute Gasteiger partial charge is 0.507 e. The van der Waals surface area contributed by atoms with Gasteiger partial charge in [-0.2, -0.15) is 0 Å². The quantitative estimate of drug-likeness (QED) is 0.750. The number of hydrogen-bond donors (Lipinski definition) is 2. The highest BCUT2D eigenvalue weighted by Gasteiger charge is 2.45. The van der Waals surface area contributed by atoms with Crippen LogP contribution < -0.4 is 0 Å². The first-order valence-corrected chi connectivity index (χ1v) is 6.34. The van der Waals surface area contributed by atoms with E-state index in [0.29, 0.717) is 0 Å². The molecule has 0 amide bonds. The molecule has 1 aromatic rings. The molecule has 5 heteroatoms. The van der Waals surface area contributed by atoms with E-state index in [2.05, 4.69) is 0 Å². The fourth-order valence-corrected chi connectivity index (χ4v) is 2.74. The summed E-state index contributed by atoms with van der Waals surface area (Å²) in [5, 5.41) is 20.0. The zero-order valence-electron chi connectivity index (χ0n) is 11.1. The lowest BCUT2D eigenvalue weighted by molar-refractivity contribution is -0.0250. The number of rotatable bonds is 0. The van der Waals surface area contributed by atoms with Gasteiger partial charge in [-0.1, -0.05) is 12.1 Å². The van der Waals surface area contributed by atoms with E-state index in [4.69, 9.17) is 4.74 Å². The first kappa shape index (κ1) is 12.9. The molecule has 2 aliphatic rings. The molecule has 0 fully saturated rings. The van der Waals surface area contributed by atoms with Gasteiger partial charge in [0.05, 0.1) is 17.2 Å². The van der Waals surface area contributed by atoms with Crippen LogP contribution in [0.25, 0.3) is 0 Å².